The maximum atomic E-state index is 12.4. The highest BCUT2D eigenvalue weighted by atomic mass is 16.3. The van der Waals surface area contributed by atoms with Crippen LogP contribution >= 0.6 is 0 Å². The van der Waals surface area contributed by atoms with E-state index in [0.29, 0.717) is 23.2 Å². The molecule has 1 N–H and O–H groups in total. The van der Waals surface area contributed by atoms with Gasteiger partial charge in [0.1, 0.15) is 5.82 Å². The largest absolute Gasteiger partial charge is 0.461 e. The fraction of sp³-hybridized carbons (Fsp3) is 0.0526. The van der Waals surface area contributed by atoms with Gasteiger partial charge in [0, 0.05) is 18.5 Å². The second-order valence-electron chi connectivity index (χ2n) is 5.57. The Bertz CT molecular complexity index is 943. The second kappa shape index (κ2) is 7.02. The van der Waals surface area contributed by atoms with E-state index in [-0.39, 0.29) is 12.3 Å². The molecule has 0 saturated heterocycles. The number of nitrogens with zero attached hydrogens (tertiary/aromatic N) is 4. The molecular formula is C19H15N5O2. The van der Waals surface area contributed by atoms with E-state index >= 15 is 0 Å². The molecule has 0 unspecified atom stereocenters. The maximum Gasteiger partial charge on any atom is 0.229 e. The summed E-state index contributed by atoms with van der Waals surface area (Å²) in [6, 6.07) is 16.5. The van der Waals surface area contributed by atoms with Crippen molar-refractivity contribution in [1.29, 1.82) is 0 Å². The SMILES string of the molecule is O=C(Cc1ccccc1)Nc1cc(-n2cccn2)nc(-c2ccco2)n1. The average Bonchev–Trinajstić information content (AvgIpc) is 3.36. The fourth-order valence-electron chi connectivity index (χ4n) is 2.50. The van der Waals surface area contributed by atoms with Gasteiger partial charge < -0.3 is 9.73 Å². The van der Waals surface area contributed by atoms with Gasteiger partial charge in [-0.25, -0.2) is 14.6 Å². The van der Waals surface area contributed by atoms with Crippen LogP contribution in [0.1, 0.15) is 5.56 Å². The van der Waals surface area contributed by atoms with E-state index in [1.807, 2.05) is 30.3 Å². The first-order valence-electron chi connectivity index (χ1n) is 8.05. The fourth-order valence-corrected chi connectivity index (χ4v) is 2.50. The summed E-state index contributed by atoms with van der Waals surface area (Å²) >= 11 is 0. The zero-order valence-corrected chi connectivity index (χ0v) is 13.7. The Hall–Kier alpha value is -3.74. The van der Waals surface area contributed by atoms with Crippen LogP contribution in [0.25, 0.3) is 17.4 Å². The van der Waals surface area contributed by atoms with Crippen molar-refractivity contribution in [2.75, 3.05) is 5.32 Å². The van der Waals surface area contributed by atoms with Crippen molar-refractivity contribution in [3.05, 3.63) is 78.8 Å². The molecule has 0 atom stereocenters. The number of benzene rings is 1. The number of rotatable bonds is 5. The first kappa shape index (κ1) is 15.8. The molecule has 26 heavy (non-hydrogen) atoms. The van der Waals surface area contributed by atoms with Crippen molar-refractivity contribution >= 4 is 11.7 Å². The zero-order chi connectivity index (χ0) is 17.8. The molecule has 128 valence electrons. The minimum absolute atomic E-state index is 0.160. The number of hydrogen-bond donors (Lipinski definition) is 1. The predicted molar refractivity (Wildman–Crippen MR) is 95.6 cm³/mol. The molecule has 0 fully saturated rings. The van der Waals surface area contributed by atoms with E-state index in [4.69, 9.17) is 4.42 Å². The van der Waals surface area contributed by atoms with Crippen molar-refractivity contribution in [2.45, 2.75) is 6.42 Å². The lowest BCUT2D eigenvalue weighted by Gasteiger charge is -2.08. The van der Waals surface area contributed by atoms with Gasteiger partial charge in [0.25, 0.3) is 0 Å². The molecule has 3 heterocycles. The lowest BCUT2D eigenvalue weighted by atomic mass is 10.1. The summed E-state index contributed by atoms with van der Waals surface area (Å²) < 4.78 is 6.98. The van der Waals surface area contributed by atoms with Gasteiger partial charge in [0.15, 0.2) is 17.4 Å². The van der Waals surface area contributed by atoms with Gasteiger partial charge in [-0.1, -0.05) is 30.3 Å². The van der Waals surface area contributed by atoms with Crippen LogP contribution in [0.4, 0.5) is 5.82 Å². The van der Waals surface area contributed by atoms with Crippen LogP contribution < -0.4 is 5.32 Å². The Morgan fingerprint density at radius 3 is 2.69 bits per heavy atom. The topological polar surface area (TPSA) is 85.8 Å². The molecule has 0 bridgehead atoms. The first-order chi connectivity index (χ1) is 12.8. The summed E-state index contributed by atoms with van der Waals surface area (Å²) in [6.45, 7) is 0. The number of carbonyl (C=O) groups is 1. The quantitative estimate of drug-likeness (QED) is 0.601. The third-order valence-corrected chi connectivity index (χ3v) is 3.67. The highest BCUT2D eigenvalue weighted by Crippen LogP contribution is 2.20. The summed E-state index contributed by atoms with van der Waals surface area (Å²) in [4.78, 5) is 21.2. The van der Waals surface area contributed by atoms with Crippen LogP contribution in [0.15, 0.2) is 77.7 Å². The maximum absolute atomic E-state index is 12.4. The summed E-state index contributed by atoms with van der Waals surface area (Å²) in [5.41, 5.74) is 0.928. The Morgan fingerprint density at radius 2 is 1.96 bits per heavy atom. The van der Waals surface area contributed by atoms with Crippen molar-refractivity contribution in [2.24, 2.45) is 0 Å². The molecule has 7 heteroatoms. The predicted octanol–water partition coefficient (Wildman–Crippen LogP) is 3.10. The summed E-state index contributed by atoms with van der Waals surface area (Å²) in [5.74, 6) is 1.64. The van der Waals surface area contributed by atoms with Gasteiger partial charge in [-0.05, 0) is 23.8 Å². The Labute approximate surface area is 149 Å². The van der Waals surface area contributed by atoms with E-state index in [9.17, 15) is 4.79 Å². The normalized spacial score (nSPS) is 10.6. The van der Waals surface area contributed by atoms with Gasteiger partial charge in [-0.15, -0.1) is 0 Å². The van der Waals surface area contributed by atoms with Crippen molar-refractivity contribution in [1.82, 2.24) is 19.7 Å². The third kappa shape index (κ3) is 3.51. The molecule has 1 aromatic carbocycles. The summed E-state index contributed by atoms with van der Waals surface area (Å²) in [7, 11) is 0. The van der Waals surface area contributed by atoms with Gasteiger partial charge >= 0.3 is 0 Å². The Kier molecular flexibility index (Phi) is 4.26. The molecule has 4 aromatic rings. The zero-order valence-electron chi connectivity index (χ0n) is 13.7. The number of hydrogen-bond acceptors (Lipinski definition) is 5. The first-order valence-corrected chi connectivity index (χ1v) is 8.05. The van der Waals surface area contributed by atoms with E-state index in [0.717, 1.165) is 5.56 Å². The molecular weight excluding hydrogens is 330 g/mol. The molecule has 4 rings (SSSR count). The van der Waals surface area contributed by atoms with Crippen LogP contribution in [0.2, 0.25) is 0 Å². The molecule has 0 aliphatic rings. The summed E-state index contributed by atoms with van der Waals surface area (Å²) in [6.07, 6.45) is 5.23. The molecule has 0 spiro atoms. The number of aromatic nitrogens is 4. The van der Waals surface area contributed by atoms with Gasteiger partial charge in [-0.3, -0.25) is 4.79 Å². The average molecular weight is 345 g/mol. The molecule has 0 aliphatic heterocycles. The number of anilines is 1. The third-order valence-electron chi connectivity index (χ3n) is 3.67. The number of furan rings is 1. The molecule has 0 radical (unpaired) electrons. The van der Waals surface area contributed by atoms with Crippen molar-refractivity contribution < 1.29 is 9.21 Å². The molecule has 7 nitrogen and oxygen atoms in total. The van der Waals surface area contributed by atoms with Gasteiger partial charge in [0.2, 0.25) is 5.91 Å². The van der Waals surface area contributed by atoms with Crippen LogP contribution in [-0.4, -0.2) is 25.7 Å². The monoisotopic (exact) mass is 345 g/mol. The summed E-state index contributed by atoms with van der Waals surface area (Å²) in [5, 5.41) is 7.00. The number of amides is 1. The Balaban J connectivity index is 1.63. The number of carbonyl (C=O) groups excluding carboxylic acids is 1. The molecule has 0 saturated carbocycles. The smallest absolute Gasteiger partial charge is 0.229 e. The van der Waals surface area contributed by atoms with E-state index in [1.165, 1.54) is 0 Å². The van der Waals surface area contributed by atoms with E-state index in [2.05, 4.69) is 20.4 Å². The van der Waals surface area contributed by atoms with Crippen LogP contribution in [0.5, 0.6) is 0 Å². The second-order valence-corrected chi connectivity index (χ2v) is 5.57. The van der Waals surface area contributed by atoms with Crippen molar-refractivity contribution in [3.63, 3.8) is 0 Å². The standard InChI is InChI=1S/C19H15N5O2/c25-18(12-14-6-2-1-3-7-14)21-16-13-17(24-10-5-9-20-24)23-19(22-16)15-8-4-11-26-15/h1-11,13H,12H2,(H,21,22,23,25). The molecule has 0 aliphatic carbocycles. The lowest BCUT2D eigenvalue weighted by molar-refractivity contribution is -0.115. The van der Waals surface area contributed by atoms with E-state index < -0.39 is 0 Å². The highest BCUT2D eigenvalue weighted by Gasteiger charge is 2.13. The Morgan fingerprint density at radius 1 is 1.08 bits per heavy atom. The number of nitrogens with one attached hydrogen (secondary N) is 1. The van der Waals surface area contributed by atoms with Gasteiger partial charge in [-0.2, -0.15) is 5.10 Å². The van der Waals surface area contributed by atoms with E-state index in [1.54, 1.807) is 47.6 Å². The minimum atomic E-state index is -0.160. The van der Waals surface area contributed by atoms with Gasteiger partial charge in [0.05, 0.1) is 12.7 Å². The lowest BCUT2D eigenvalue weighted by Crippen LogP contribution is -2.16. The molecule has 1 amide bonds. The highest BCUT2D eigenvalue weighted by molar-refractivity contribution is 5.91. The van der Waals surface area contributed by atoms with Crippen LogP contribution in [0, 0.1) is 0 Å². The molecule has 3 aromatic heterocycles. The van der Waals surface area contributed by atoms with Crippen LogP contribution in [-0.2, 0) is 11.2 Å². The van der Waals surface area contributed by atoms with Crippen LogP contribution in [0.3, 0.4) is 0 Å². The minimum Gasteiger partial charge on any atom is -0.461 e. The van der Waals surface area contributed by atoms with Crippen molar-refractivity contribution in [3.8, 4) is 17.4 Å².